The molecule has 1 aliphatic heterocycles. The average Bonchev–Trinajstić information content (AvgIpc) is 3.04. The van der Waals surface area contributed by atoms with E-state index in [1.165, 1.54) is 11.8 Å². The van der Waals surface area contributed by atoms with Crippen molar-refractivity contribution in [3.05, 3.63) is 59.7 Å². The van der Waals surface area contributed by atoms with Gasteiger partial charge >= 0.3 is 0 Å². The van der Waals surface area contributed by atoms with Crippen LogP contribution in [0.5, 0.6) is 11.5 Å². The molecule has 0 spiro atoms. The van der Waals surface area contributed by atoms with Gasteiger partial charge in [0.2, 0.25) is 5.91 Å². The second-order valence-electron chi connectivity index (χ2n) is 6.57. The second-order valence-corrected chi connectivity index (χ2v) is 7.74. The van der Waals surface area contributed by atoms with E-state index >= 15 is 0 Å². The van der Waals surface area contributed by atoms with E-state index in [0.717, 1.165) is 35.5 Å². The standard InChI is InChI=1S/C22H25N3O3S/c1-4-5-20-21(26)25(15-17-8-12-19(28-3)13-9-17)22(29-20)24-23-14-16-6-10-18(27-2)11-7-16/h6-14,20H,4-5,15H2,1-3H3/b23-14-,24-22+/t20-/m0/s1. The molecule has 2 aromatic rings. The molecule has 2 aromatic carbocycles. The topological polar surface area (TPSA) is 63.5 Å². The molecule has 1 fully saturated rings. The third-order valence-electron chi connectivity index (χ3n) is 4.54. The molecule has 1 amide bonds. The summed E-state index contributed by atoms with van der Waals surface area (Å²) in [7, 11) is 3.27. The van der Waals surface area contributed by atoms with Gasteiger partial charge in [-0.15, -0.1) is 5.10 Å². The van der Waals surface area contributed by atoms with Crippen molar-refractivity contribution in [2.75, 3.05) is 14.2 Å². The van der Waals surface area contributed by atoms with E-state index in [1.54, 1.807) is 25.3 Å². The van der Waals surface area contributed by atoms with Crippen molar-refractivity contribution in [2.45, 2.75) is 31.6 Å². The van der Waals surface area contributed by atoms with Gasteiger partial charge in [-0.25, -0.2) is 0 Å². The summed E-state index contributed by atoms with van der Waals surface area (Å²) in [6.07, 6.45) is 3.45. The Morgan fingerprint density at radius 2 is 1.66 bits per heavy atom. The Kier molecular flexibility index (Phi) is 7.30. The monoisotopic (exact) mass is 411 g/mol. The van der Waals surface area contributed by atoms with Crippen molar-refractivity contribution in [3.63, 3.8) is 0 Å². The number of thioether (sulfide) groups is 1. The molecule has 0 aliphatic carbocycles. The number of rotatable bonds is 8. The quantitative estimate of drug-likeness (QED) is 0.479. The predicted molar refractivity (Wildman–Crippen MR) is 118 cm³/mol. The first-order valence-corrected chi connectivity index (χ1v) is 10.4. The third-order valence-corrected chi connectivity index (χ3v) is 5.77. The molecule has 0 N–H and O–H groups in total. The summed E-state index contributed by atoms with van der Waals surface area (Å²) >= 11 is 1.49. The molecule has 7 heteroatoms. The van der Waals surface area contributed by atoms with E-state index in [2.05, 4.69) is 17.1 Å². The number of ether oxygens (including phenoxy) is 2. The molecule has 0 aromatic heterocycles. The van der Waals surface area contributed by atoms with Gasteiger partial charge in [0.25, 0.3) is 0 Å². The Morgan fingerprint density at radius 3 is 2.24 bits per heavy atom. The summed E-state index contributed by atoms with van der Waals surface area (Å²) in [6, 6.07) is 15.3. The lowest BCUT2D eigenvalue weighted by atomic mass is 10.2. The van der Waals surface area contributed by atoms with Crippen molar-refractivity contribution in [3.8, 4) is 11.5 Å². The van der Waals surface area contributed by atoms with Gasteiger partial charge in [-0.3, -0.25) is 9.69 Å². The Labute approximate surface area is 175 Å². The van der Waals surface area contributed by atoms with Crippen LogP contribution in [0.3, 0.4) is 0 Å². The highest BCUT2D eigenvalue weighted by Gasteiger charge is 2.37. The zero-order valence-electron chi connectivity index (χ0n) is 16.9. The minimum atomic E-state index is -0.104. The Bertz CT molecular complexity index is 879. The van der Waals surface area contributed by atoms with Crippen molar-refractivity contribution >= 4 is 29.1 Å². The molecule has 3 rings (SSSR count). The number of methoxy groups -OCH3 is 2. The maximum Gasteiger partial charge on any atom is 0.242 e. The number of carbonyl (C=O) groups excluding carboxylic acids is 1. The van der Waals surface area contributed by atoms with E-state index in [-0.39, 0.29) is 11.2 Å². The van der Waals surface area contributed by atoms with E-state index in [0.29, 0.717) is 11.7 Å². The fraction of sp³-hybridized carbons (Fsp3) is 0.318. The molecular formula is C22H25N3O3S. The molecule has 0 bridgehead atoms. The van der Waals surface area contributed by atoms with E-state index < -0.39 is 0 Å². The third kappa shape index (κ3) is 5.38. The van der Waals surface area contributed by atoms with Crippen LogP contribution in [0.4, 0.5) is 0 Å². The van der Waals surface area contributed by atoms with Crippen molar-refractivity contribution in [2.24, 2.45) is 10.2 Å². The van der Waals surface area contributed by atoms with Crippen LogP contribution in [0, 0.1) is 0 Å². The Balaban J connectivity index is 1.77. The molecule has 1 aliphatic rings. The fourth-order valence-electron chi connectivity index (χ4n) is 2.93. The van der Waals surface area contributed by atoms with Crippen LogP contribution in [-0.2, 0) is 11.3 Å². The second kappa shape index (κ2) is 10.1. The van der Waals surface area contributed by atoms with Crippen LogP contribution < -0.4 is 9.47 Å². The van der Waals surface area contributed by atoms with Gasteiger partial charge in [0.05, 0.1) is 32.2 Å². The number of carbonyl (C=O) groups is 1. The van der Waals surface area contributed by atoms with Gasteiger partial charge in [-0.2, -0.15) is 5.10 Å². The number of hydrogen-bond acceptors (Lipinski definition) is 6. The van der Waals surface area contributed by atoms with Crippen molar-refractivity contribution in [1.29, 1.82) is 0 Å². The average molecular weight is 412 g/mol. The van der Waals surface area contributed by atoms with Gasteiger partial charge < -0.3 is 9.47 Å². The number of amides is 1. The minimum absolute atomic E-state index is 0.0889. The largest absolute Gasteiger partial charge is 0.497 e. The molecule has 0 radical (unpaired) electrons. The molecule has 1 heterocycles. The summed E-state index contributed by atoms with van der Waals surface area (Å²) in [5.74, 6) is 1.67. The molecule has 29 heavy (non-hydrogen) atoms. The van der Waals surface area contributed by atoms with Crippen molar-refractivity contribution < 1.29 is 14.3 Å². The van der Waals surface area contributed by atoms with E-state index in [1.807, 2.05) is 48.5 Å². The summed E-state index contributed by atoms with van der Waals surface area (Å²) in [6.45, 7) is 2.55. The molecule has 1 saturated heterocycles. The maximum atomic E-state index is 12.9. The molecule has 0 unspecified atom stereocenters. The van der Waals surface area contributed by atoms with Crippen molar-refractivity contribution in [1.82, 2.24) is 4.90 Å². The number of amidine groups is 1. The SMILES string of the molecule is CCC[C@@H]1S/C(=N/N=C\c2ccc(OC)cc2)N(Cc2ccc(OC)cc2)C1=O. The van der Waals surface area contributed by atoms with E-state index in [9.17, 15) is 4.79 Å². The molecular weight excluding hydrogens is 386 g/mol. The normalized spacial score (nSPS) is 18.0. The molecule has 0 saturated carbocycles. The lowest BCUT2D eigenvalue weighted by Gasteiger charge is -2.16. The van der Waals surface area contributed by atoms with Gasteiger partial charge in [0.1, 0.15) is 11.5 Å². The number of nitrogens with zero attached hydrogens (tertiary/aromatic N) is 3. The minimum Gasteiger partial charge on any atom is -0.497 e. The lowest BCUT2D eigenvalue weighted by molar-refractivity contribution is -0.126. The smallest absolute Gasteiger partial charge is 0.242 e. The van der Waals surface area contributed by atoms with Crippen LogP contribution in [0.15, 0.2) is 58.7 Å². The van der Waals surface area contributed by atoms with Gasteiger partial charge in [0.15, 0.2) is 5.17 Å². The number of hydrogen-bond donors (Lipinski definition) is 0. The first-order chi connectivity index (χ1) is 14.1. The first kappa shape index (κ1) is 20.9. The van der Waals surface area contributed by atoms with Crippen LogP contribution in [0.1, 0.15) is 30.9 Å². The lowest BCUT2D eigenvalue weighted by Crippen LogP contribution is -2.31. The van der Waals surface area contributed by atoms with E-state index in [4.69, 9.17) is 9.47 Å². The number of benzene rings is 2. The first-order valence-electron chi connectivity index (χ1n) is 9.50. The summed E-state index contributed by atoms with van der Waals surface area (Å²) in [5, 5.41) is 9.10. The Hall–Kier alpha value is -2.80. The molecule has 152 valence electrons. The van der Waals surface area contributed by atoms with Gasteiger partial charge in [-0.05, 0) is 53.9 Å². The van der Waals surface area contributed by atoms with Crippen LogP contribution in [0.2, 0.25) is 0 Å². The van der Waals surface area contributed by atoms with Gasteiger partial charge in [-0.1, -0.05) is 37.2 Å². The van der Waals surface area contributed by atoms with Gasteiger partial charge in [0, 0.05) is 0 Å². The molecule has 6 nitrogen and oxygen atoms in total. The maximum absolute atomic E-state index is 12.9. The zero-order valence-corrected chi connectivity index (χ0v) is 17.7. The summed E-state index contributed by atoms with van der Waals surface area (Å²) in [5.41, 5.74) is 1.93. The van der Waals surface area contributed by atoms with Crippen LogP contribution in [0.25, 0.3) is 0 Å². The fourth-order valence-corrected chi connectivity index (χ4v) is 4.14. The van der Waals surface area contributed by atoms with Crippen LogP contribution >= 0.6 is 11.8 Å². The highest BCUT2D eigenvalue weighted by molar-refractivity contribution is 8.15. The zero-order chi connectivity index (χ0) is 20.6. The predicted octanol–water partition coefficient (Wildman–Crippen LogP) is 4.34. The summed E-state index contributed by atoms with van der Waals surface area (Å²) in [4.78, 5) is 14.6. The van der Waals surface area contributed by atoms with Crippen LogP contribution in [-0.4, -0.2) is 41.7 Å². The summed E-state index contributed by atoms with van der Waals surface area (Å²) < 4.78 is 10.4. The molecule has 1 atom stereocenters. The highest BCUT2D eigenvalue weighted by Crippen LogP contribution is 2.32. The highest BCUT2D eigenvalue weighted by atomic mass is 32.2. The Morgan fingerprint density at radius 1 is 1.03 bits per heavy atom.